The third-order valence-electron chi connectivity index (χ3n) is 4.22. The Morgan fingerprint density at radius 2 is 1.70 bits per heavy atom. The van der Waals surface area contributed by atoms with Crippen LogP contribution < -0.4 is 4.90 Å². The molecule has 1 saturated heterocycles. The van der Waals surface area contributed by atoms with E-state index in [1.165, 1.54) is 0 Å². The molecule has 1 aliphatic heterocycles. The van der Waals surface area contributed by atoms with Crippen LogP contribution in [-0.2, 0) is 0 Å². The van der Waals surface area contributed by atoms with Gasteiger partial charge in [-0.25, -0.2) is 15.0 Å². The van der Waals surface area contributed by atoms with Gasteiger partial charge in [0.05, 0.1) is 0 Å². The highest BCUT2D eigenvalue weighted by Crippen LogP contribution is 2.25. The Hall–Kier alpha value is -2.60. The number of nitrogens with zero attached hydrogens (tertiary/aromatic N) is 6. The Morgan fingerprint density at radius 3 is 2.48 bits per heavy atom. The molecule has 6 heteroatoms. The van der Waals surface area contributed by atoms with E-state index in [1.807, 2.05) is 30.6 Å². The van der Waals surface area contributed by atoms with Gasteiger partial charge in [-0.05, 0) is 25.2 Å². The van der Waals surface area contributed by atoms with Crippen LogP contribution in [0.4, 0.5) is 5.82 Å². The van der Waals surface area contributed by atoms with Crippen molar-refractivity contribution >= 4 is 16.7 Å². The maximum Gasteiger partial charge on any atom is 0.160 e. The topological polar surface area (TPSA) is 58.0 Å². The Labute approximate surface area is 134 Å². The first-order valence-corrected chi connectivity index (χ1v) is 7.77. The van der Waals surface area contributed by atoms with Gasteiger partial charge in [0, 0.05) is 61.9 Å². The second-order valence-electron chi connectivity index (χ2n) is 5.79. The van der Waals surface area contributed by atoms with E-state index >= 15 is 0 Å². The molecule has 23 heavy (non-hydrogen) atoms. The van der Waals surface area contributed by atoms with Crippen LogP contribution in [0.5, 0.6) is 0 Å². The zero-order valence-electron chi connectivity index (χ0n) is 13.1. The van der Waals surface area contributed by atoms with Crippen LogP contribution in [0.2, 0.25) is 0 Å². The zero-order valence-corrected chi connectivity index (χ0v) is 13.1. The summed E-state index contributed by atoms with van der Waals surface area (Å²) >= 11 is 0. The van der Waals surface area contributed by atoms with Gasteiger partial charge in [-0.1, -0.05) is 0 Å². The van der Waals surface area contributed by atoms with E-state index in [1.54, 1.807) is 12.4 Å². The van der Waals surface area contributed by atoms with Gasteiger partial charge in [-0.3, -0.25) is 4.98 Å². The van der Waals surface area contributed by atoms with Crippen molar-refractivity contribution in [3.63, 3.8) is 0 Å². The largest absolute Gasteiger partial charge is 0.352 e. The number of likely N-dealkylation sites (N-methyl/N-ethyl adjacent to an activating group) is 1. The van der Waals surface area contributed by atoms with Gasteiger partial charge in [-0.15, -0.1) is 0 Å². The SMILES string of the molecule is CN1CCN(c2nccc3cnc(-c4ccncc4)nc23)CC1. The van der Waals surface area contributed by atoms with E-state index in [2.05, 4.69) is 31.8 Å². The highest BCUT2D eigenvalue weighted by Gasteiger charge is 2.18. The molecule has 0 unspecified atom stereocenters. The standard InChI is InChI=1S/C17H18N6/c1-22-8-10-23(11-9-22)17-15-14(4-7-19-17)12-20-16(21-15)13-2-5-18-6-3-13/h2-7,12H,8-11H2,1H3. The molecule has 0 aromatic carbocycles. The molecular formula is C17H18N6. The molecule has 3 aromatic rings. The van der Waals surface area contributed by atoms with Crippen molar-refractivity contribution in [2.45, 2.75) is 0 Å². The molecule has 0 atom stereocenters. The minimum Gasteiger partial charge on any atom is -0.352 e. The molecule has 0 saturated carbocycles. The molecule has 3 aromatic heterocycles. The Kier molecular flexibility index (Phi) is 3.59. The monoisotopic (exact) mass is 306 g/mol. The number of fused-ring (bicyclic) bond motifs is 1. The van der Waals surface area contributed by atoms with Crippen molar-refractivity contribution in [3.05, 3.63) is 43.0 Å². The van der Waals surface area contributed by atoms with Gasteiger partial charge >= 0.3 is 0 Å². The van der Waals surface area contributed by atoms with Crippen LogP contribution in [0.1, 0.15) is 0 Å². The van der Waals surface area contributed by atoms with Gasteiger partial charge in [0.25, 0.3) is 0 Å². The van der Waals surface area contributed by atoms with Crippen molar-refractivity contribution in [2.75, 3.05) is 38.1 Å². The Morgan fingerprint density at radius 1 is 0.913 bits per heavy atom. The lowest BCUT2D eigenvalue weighted by Crippen LogP contribution is -2.44. The van der Waals surface area contributed by atoms with Crippen LogP contribution in [0.25, 0.3) is 22.3 Å². The first-order chi connectivity index (χ1) is 11.3. The minimum atomic E-state index is 0.711. The molecule has 1 aliphatic rings. The maximum absolute atomic E-state index is 4.78. The number of rotatable bonds is 2. The fourth-order valence-electron chi connectivity index (χ4n) is 2.83. The summed E-state index contributed by atoms with van der Waals surface area (Å²) in [7, 11) is 2.15. The first kappa shape index (κ1) is 14.0. The van der Waals surface area contributed by atoms with E-state index in [0.29, 0.717) is 5.82 Å². The van der Waals surface area contributed by atoms with Crippen LogP contribution in [0, 0.1) is 0 Å². The van der Waals surface area contributed by atoms with E-state index < -0.39 is 0 Å². The Balaban J connectivity index is 1.79. The van der Waals surface area contributed by atoms with E-state index in [9.17, 15) is 0 Å². The second kappa shape index (κ2) is 5.89. The number of hydrogen-bond acceptors (Lipinski definition) is 6. The number of pyridine rings is 2. The highest BCUT2D eigenvalue weighted by atomic mass is 15.3. The lowest BCUT2D eigenvalue weighted by molar-refractivity contribution is 0.312. The van der Waals surface area contributed by atoms with Crippen molar-refractivity contribution in [1.82, 2.24) is 24.8 Å². The summed E-state index contributed by atoms with van der Waals surface area (Å²) in [4.78, 5) is 22.6. The second-order valence-corrected chi connectivity index (χ2v) is 5.79. The van der Waals surface area contributed by atoms with Crippen LogP contribution in [0.15, 0.2) is 43.0 Å². The average molecular weight is 306 g/mol. The quantitative estimate of drug-likeness (QED) is 0.720. The van der Waals surface area contributed by atoms with E-state index in [0.717, 1.165) is 48.5 Å². The summed E-state index contributed by atoms with van der Waals surface area (Å²) in [6.45, 7) is 4.02. The van der Waals surface area contributed by atoms with Crippen molar-refractivity contribution in [1.29, 1.82) is 0 Å². The van der Waals surface area contributed by atoms with E-state index in [-0.39, 0.29) is 0 Å². The molecule has 0 spiro atoms. The normalized spacial score (nSPS) is 16.0. The summed E-state index contributed by atoms with van der Waals surface area (Å²) in [6, 6.07) is 5.81. The van der Waals surface area contributed by atoms with Gasteiger partial charge in [0.1, 0.15) is 5.52 Å². The summed E-state index contributed by atoms with van der Waals surface area (Å²) in [5.74, 6) is 1.66. The predicted octanol–water partition coefficient (Wildman–Crippen LogP) is 1.84. The van der Waals surface area contributed by atoms with Crippen molar-refractivity contribution in [2.24, 2.45) is 0 Å². The molecule has 0 amide bonds. The van der Waals surface area contributed by atoms with Crippen molar-refractivity contribution in [3.8, 4) is 11.4 Å². The zero-order chi connectivity index (χ0) is 15.6. The molecule has 116 valence electrons. The maximum atomic E-state index is 4.78. The molecule has 1 fully saturated rings. The summed E-state index contributed by atoms with van der Waals surface area (Å²) < 4.78 is 0. The molecule has 0 aliphatic carbocycles. The Bertz CT molecular complexity index is 812. The van der Waals surface area contributed by atoms with Crippen molar-refractivity contribution < 1.29 is 0 Å². The van der Waals surface area contributed by atoms with E-state index in [4.69, 9.17) is 4.98 Å². The predicted molar refractivity (Wildman–Crippen MR) is 90.3 cm³/mol. The summed E-state index contributed by atoms with van der Waals surface area (Å²) in [5, 5.41) is 1.02. The summed E-state index contributed by atoms with van der Waals surface area (Å²) in [5.41, 5.74) is 1.88. The molecule has 0 N–H and O–H groups in total. The van der Waals surface area contributed by atoms with Gasteiger partial charge in [-0.2, -0.15) is 0 Å². The molecule has 0 radical (unpaired) electrons. The van der Waals surface area contributed by atoms with Gasteiger partial charge in [0.15, 0.2) is 11.6 Å². The van der Waals surface area contributed by atoms with Crippen LogP contribution in [0.3, 0.4) is 0 Å². The molecular weight excluding hydrogens is 288 g/mol. The fourth-order valence-corrected chi connectivity index (χ4v) is 2.83. The molecule has 4 heterocycles. The fraction of sp³-hybridized carbons (Fsp3) is 0.294. The van der Waals surface area contributed by atoms with Gasteiger partial charge < -0.3 is 9.80 Å². The van der Waals surface area contributed by atoms with Crippen LogP contribution >= 0.6 is 0 Å². The third-order valence-corrected chi connectivity index (χ3v) is 4.22. The molecule has 4 rings (SSSR count). The highest BCUT2D eigenvalue weighted by molar-refractivity contribution is 5.89. The lowest BCUT2D eigenvalue weighted by atomic mass is 10.2. The van der Waals surface area contributed by atoms with Gasteiger partial charge in [0.2, 0.25) is 0 Å². The lowest BCUT2D eigenvalue weighted by Gasteiger charge is -2.33. The average Bonchev–Trinajstić information content (AvgIpc) is 2.62. The number of anilines is 1. The molecule has 0 bridgehead atoms. The smallest absolute Gasteiger partial charge is 0.160 e. The third kappa shape index (κ3) is 2.73. The number of hydrogen-bond donors (Lipinski definition) is 0. The summed E-state index contributed by atoms with van der Waals surface area (Å²) in [6.07, 6.45) is 7.23. The minimum absolute atomic E-state index is 0.711. The number of piperazine rings is 1. The van der Waals surface area contributed by atoms with Crippen LogP contribution in [-0.4, -0.2) is 58.1 Å². The molecule has 6 nitrogen and oxygen atoms in total. The first-order valence-electron chi connectivity index (χ1n) is 7.77. The number of aromatic nitrogens is 4.